The minimum Gasteiger partial charge on any atom is -0.544 e. The van der Waals surface area contributed by atoms with E-state index in [1.54, 1.807) is 36.4 Å². The molecule has 2 aliphatic heterocycles. The lowest BCUT2D eigenvalue weighted by Crippen LogP contribution is -2.85. The molecule has 0 spiro atoms. The third-order valence-corrected chi connectivity index (χ3v) is 9.70. The molecule has 2 aromatic heterocycles. The molecule has 60 heavy (non-hydrogen) atoms. The van der Waals surface area contributed by atoms with Gasteiger partial charge in [-0.1, -0.05) is 0 Å². The van der Waals surface area contributed by atoms with E-state index in [4.69, 9.17) is 19.4 Å². The van der Waals surface area contributed by atoms with Crippen molar-refractivity contribution in [3.8, 4) is 34.8 Å². The highest BCUT2D eigenvalue weighted by Crippen LogP contribution is 2.27. The Labute approximate surface area is 354 Å². The van der Waals surface area contributed by atoms with Gasteiger partial charge in [-0.15, -0.1) is 0 Å². The van der Waals surface area contributed by atoms with E-state index in [-0.39, 0.29) is 11.0 Å². The molecular weight excluding hydrogens is 765 g/mol. The van der Waals surface area contributed by atoms with Gasteiger partial charge in [0.2, 0.25) is 0 Å². The molecule has 14 heteroatoms. The van der Waals surface area contributed by atoms with Gasteiger partial charge in [-0.05, 0) is 139 Å². The van der Waals surface area contributed by atoms with Crippen molar-refractivity contribution in [2.75, 3.05) is 62.2 Å². The SMILES string of the molecule is C1CC[NH2+]CC1.C1CC[NH2+]CC1.CCN(CC)c1ccc(-c2ccc(/C=C(\C#N)C(=O)[O-])o2)cc1.CCN(CC)c1ccc(-c2ccc(/C=C(\C#N)C(=O)[O-])o2)cc1.O.O. The van der Waals surface area contributed by atoms with E-state index < -0.39 is 23.1 Å². The zero-order valence-electron chi connectivity index (χ0n) is 35.4. The van der Waals surface area contributed by atoms with Crippen molar-refractivity contribution in [1.82, 2.24) is 0 Å². The number of aliphatic carboxylic acids is 2. The Morgan fingerprint density at radius 1 is 0.567 bits per heavy atom. The summed E-state index contributed by atoms with van der Waals surface area (Å²) in [5.41, 5.74) is 3.09. The van der Waals surface area contributed by atoms with Gasteiger partial charge in [0.25, 0.3) is 0 Å². The van der Waals surface area contributed by atoms with Crippen molar-refractivity contribution in [2.45, 2.75) is 66.2 Å². The fourth-order valence-corrected chi connectivity index (χ4v) is 6.38. The van der Waals surface area contributed by atoms with E-state index in [0.717, 1.165) is 60.8 Å². The number of quaternary nitrogens is 2. The highest BCUT2D eigenvalue weighted by molar-refractivity contribution is 5.95. The lowest BCUT2D eigenvalue weighted by Gasteiger charge is -2.20. The first-order valence-electron chi connectivity index (χ1n) is 20.4. The third kappa shape index (κ3) is 17.4. The van der Waals surface area contributed by atoms with Crippen LogP contribution >= 0.6 is 0 Å². The molecule has 0 aliphatic carbocycles. The van der Waals surface area contributed by atoms with Gasteiger partial charge in [0.05, 0.1) is 49.3 Å². The Bertz CT molecular complexity index is 1800. The van der Waals surface area contributed by atoms with E-state index in [0.29, 0.717) is 23.0 Å². The van der Waals surface area contributed by atoms with Crippen molar-refractivity contribution < 1.29 is 50.2 Å². The number of carbonyl (C=O) groups is 2. The monoisotopic (exact) mass is 826 g/mol. The number of rotatable bonds is 12. The molecule has 0 amide bonds. The second kappa shape index (κ2) is 29.1. The lowest BCUT2D eigenvalue weighted by molar-refractivity contribution is -0.662. The maximum atomic E-state index is 10.7. The van der Waals surface area contributed by atoms with Gasteiger partial charge in [-0.2, -0.15) is 10.5 Å². The zero-order chi connectivity index (χ0) is 42.1. The van der Waals surface area contributed by atoms with Crippen LogP contribution in [0, 0.1) is 22.7 Å². The van der Waals surface area contributed by atoms with Crippen LogP contribution in [0.15, 0.2) is 92.8 Å². The van der Waals surface area contributed by atoms with Crippen LogP contribution in [0.3, 0.4) is 0 Å². The highest BCUT2D eigenvalue weighted by Gasteiger charge is 2.09. The average molecular weight is 827 g/mol. The smallest absolute Gasteiger partial charge is 0.134 e. The Morgan fingerprint density at radius 3 is 1.10 bits per heavy atom. The van der Waals surface area contributed by atoms with Gasteiger partial charge in [0.15, 0.2) is 0 Å². The standard InChI is InChI=1S/2C18H18N2O3.2C5H11N.2H2O/c2*1-3-20(4-2)15-7-5-13(6-8-15)17-10-9-16(23-17)11-14(12-19)18(21)22;2*1-2-4-6-5-3-1;;/h2*5-11H,3-4H2,1-2H3,(H,21,22);2*6H,1-5H2;2*1H2/b2*14-11+;;;;. The lowest BCUT2D eigenvalue weighted by atomic mass is 10.1. The maximum absolute atomic E-state index is 10.7. The van der Waals surface area contributed by atoms with Gasteiger partial charge in [0.1, 0.15) is 35.2 Å². The molecule has 6 rings (SSSR count). The van der Waals surface area contributed by atoms with Gasteiger partial charge in [-0.3, -0.25) is 0 Å². The van der Waals surface area contributed by atoms with Crippen molar-refractivity contribution >= 4 is 35.5 Å². The topological polar surface area (TPSA) is 257 Å². The number of nitrogens with zero attached hydrogens (tertiary/aromatic N) is 4. The van der Waals surface area contributed by atoms with Crippen LogP contribution in [-0.4, -0.2) is 75.2 Å². The molecule has 4 heterocycles. The minimum absolute atomic E-state index is 0. The van der Waals surface area contributed by atoms with Crippen LogP contribution in [0.2, 0.25) is 0 Å². The van der Waals surface area contributed by atoms with Gasteiger partial charge >= 0.3 is 0 Å². The molecule has 4 aromatic rings. The first kappa shape index (κ1) is 51.9. The summed E-state index contributed by atoms with van der Waals surface area (Å²) in [6.07, 6.45) is 11.0. The number of furan rings is 2. The second-order valence-electron chi connectivity index (χ2n) is 13.6. The number of nitrogens with two attached hydrogens (primary N) is 2. The zero-order valence-corrected chi connectivity index (χ0v) is 35.4. The number of hydrogen-bond donors (Lipinski definition) is 2. The molecule has 2 aliphatic rings. The predicted molar refractivity (Wildman–Crippen MR) is 231 cm³/mol. The highest BCUT2D eigenvalue weighted by atomic mass is 16.4. The van der Waals surface area contributed by atoms with E-state index in [1.165, 1.54) is 64.7 Å². The minimum atomic E-state index is -1.52. The molecule has 2 fully saturated rings. The average Bonchev–Trinajstić information content (AvgIpc) is 3.95. The van der Waals surface area contributed by atoms with E-state index >= 15 is 0 Å². The van der Waals surface area contributed by atoms with Crippen LogP contribution in [0.5, 0.6) is 0 Å². The first-order valence-corrected chi connectivity index (χ1v) is 20.4. The van der Waals surface area contributed by atoms with Gasteiger partial charge in [0, 0.05) is 60.8 Å². The Morgan fingerprint density at radius 2 is 0.883 bits per heavy atom. The van der Waals surface area contributed by atoms with Crippen LogP contribution in [0.25, 0.3) is 34.8 Å². The molecule has 8 N–H and O–H groups in total. The summed E-state index contributed by atoms with van der Waals surface area (Å²) in [6, 6.07) is 25.7. The summed E-state index contributed by atoms with van der Waals surface area (Å²) < 4.78 is 11.1. The number of carboxylic acids is 2. The van der Waals surface area contributed by atoms with Crippen molar-refractivity contribution in [3.63, 3.8) is 0 Å². The molecule has 0 atom stereocenters. The molecule has 2 saturated heterocycles. The molecule has 0 saturated carbocycles. The summed E-state index contributed by atoms with van der Waals surface area (Å²) in [6.45, 7) is 17.7. The number of carbonyl (C=O) groups excluding carboxylic acids is 2. The van der Waals surface area contributed by atoms with Crippen molar-refractivity contribution in [3.05, 3.63) is 95.5 Å². The molecule has 14 nitrogen and oxygen atoms in total. The number of hydrogen-bond acceptors (Lipinski definition) is 10. The van der Waals surface area contributed by atoms with E-state index in [9.17, 15) is 19.8 Å². The number of carboxylic acid groups (broad SMARTS) is 2. The fourth-order valence-electron chi connectivity index (χ4n) is 6.38. The Balaban J connectivity index is 0.000000456. The summed E-state index contributed by atoms with van der Waals surface area (Å²) in [4.78, 5) is 25.9. The molecule has 0 bridgehead atoms. The Hall–Kier alpha value is -6.16. The van der Waals surface area contributed by atoms with Crippen molar-refractivity contribution in [1.29, 1.82) is 10.5 Å². The first-order chi connectivity index (χ1) is 28.2. The van der Waals surface area contributed by atoms with Crippen LogP contribution in [0.4, 0.5) is 11.4 Å². The Kier molecular flexibility index (Phi) is 25.2. The fraction of sp³-hybridized carbons (Fsp3) is 0.391. The number of benzene rings is 2. The van der Waals surface area contributed by atoms with Crippen LogP contribution in [0.1, 0.15) is 77.7 Å². The largest absolute Gasteiger partial charge is 0.544 e. The third-order valence-electron chi connectivity index (χ3n) is 9.70. The van der Waals surface area contributed by atoms with E-state index in [1.807, 2.05) is 48.5 Å². The predicted octanol–water partition coefficient (Wildman–Crippen LogP) is 2.72. The van der Waals surface area contributed by atoms with Crippen molar-refractivity contribution in [2.24, 2.45) is 0 Å². The number of piperidine rings is 2. The van der Waals surface area contributed by atoms with Crippen LogP contribution in [-0.2, 0) is 9.59 Å². The molecule has 0 unspecified atom stereocenters. The van der Waals surface area contributed by atoms with Crippen LogP contribution < -0.4 is 30.6 Å². The molecule has 0 radical (unpaired) electrons. The summed E-state index contributed by atoms with van der Waals surface area (Å²) in [5.74, 6) is -1.22. The molecular formula is C46H62N6O8. The van der Waals surface area contributed by atoms with Gasteiger partial charge in [-0.25, -0.2) is 0 Å². The number of anilines is 2. The maximum Gasteiger partial charge on any atom is 0.134 e. The number of nitriles is 2. The second-order valence-corrected chi connectivity index (χ2v) is 13.6. The molecule has 324 valence electrons. The van der Waals surface area contributed by atoms with Gasteiger partial charge < -0.3 is 60.0 Å². The summed E-state index contributed by atoms with van der Waals surface area (Å²) >= 11 is 0. The summed E-state index contributed by atoms with van der Waals surface area (Å²) in [5, 5.41) is 43.7. The summed E-state index contributed by atoms with van der Waals surface area (Å²) in [7, 11) is 0. The normalized spacial score (nSPS) is 13.3. The molecule has 2 aromatic carbocycles. The van der Waals surface area contributed by atoms with E-state index in [2.05, 4.69) is 48.1 Å². The quantitative estimate of drug-likeness (QED) is 0.156.